The van der Waals surface area contributed by atoms with E-state index >= 15 is 0 Å². The van der Waals surface area contributed by atoms with E-state index in [1.54, 1.807) is 30.3 Å². The van der Waals surface area contributed by atoms with E-state index < -0.39 is 0 Å². The van der Waals surface area contributed by atoms with Crippen molar-refractivity contribution in [3.8, 4) is 0 Å². The average Bonchev–Trinajstić information content (AvgIpc) is 2.77. The molecule has 0 atom stereocenters. The van der Waals surface area contributed by atoms with Gasteiger partial charge < -0.3 is 0 Å². The van der Waals surface area contributed by atoms with E-state index in [4.69, 9.17) is 0 Å². The number of halogens is 1. The third kappa shape index (κ3) is 3.03. The van der Waals surface area contributed by atoms with E-state index in [9.17, 15) is 9.59 Å². The largest absolute Gasteiger partial charge is 0.298 e. The van der Waals surface area contributed by atoms with Gasteiger partial charge in [0.15, 0.2) is 0 Å². The topological polar surface area (TPSA) is 37.4 Å². The van der Waals surface area contributed by atoms with Crippen molar-refractivity contribution < 1.29 is 9.59 Å². The SMILES string of the molecule is O=C1S/C(=C\c2ccc(I)cc2)C(=O)N1c1ccccc1. The summed E-state index contributed by atoms with van der Waals surface area (Å²) < 4.78 is 1.13. The first-order chi connectivity index (χ1) is 10.1. The number of para-hydroxylation sites is 1. The standard InChI is InChI=1S/C16H10INO2S/c17-12-8-6-11(7-9-12)10-14-15(19)18(16(20)21-14)13-4-2-1-3-5-13/h1-10H/b14-10-. The Hall–Kier alpha value is -1.60. The third-order valence-electron chi connectivity index (χ3n) is 2.98. The predicted molar refractivity (Wildman–Crippen MR) is 94.1 cm³/mol. The third-order valence-corrected chi connectivity index (χ3v) is 4.56. The molecule has 1 aliphatic heterocycles. The summed E-state index contributed by atoms with van der Waals surface area (Å²) in [6.07, 6.45) is 1.75. The summed E-state index contributed by atoms with van der Waals surface area (Å²) in [6.45, 7) is 0. The van der Waals surface area contributed by atoms with Crippen LogP contribution in [0.4, 0.5) is 10.5 Å². The molecule has 1 saturated heterocycles. The lowest BCUT2D eigenvalue weighted by Gasteiger charge is -2.11. The molecule has 2 aromatic carbocycles. The fourth-order valence-electron chi connectivity index (χ4n) is 1.98. The van der Waals surface area contributed by atoms with Gasteiger partial charge in [0.05, 0.1) is 10.6 Å². The highest BCUT2D eigenvalue weighted by Crippen LogP contribution is 2.35. The lowest BCUT2D eigenvalue weighted by atomic mass is 10.2. The van der Waals surface area contributed by atoms with Crippen LogP contribution in [0, 0.1) is 3.57 Å². The second-order valence-electron chi connectivity index (χ2n) is 4.40. The van der Waals surface area contributed by atoms with Crippen LogP contribution < -0.4 is 4.90 Å². The second kappa shape index (κ2) is 6.03. The summed E-state index contributed by atoms with van der Waals surface area (Å²) in [6, 6.07) is 16.8. The predicted octanol–water partition coefficient (Wildman–Crippen LogP) is 4.53. The fraction of sp³-hybridized carbons (Fsp3) is 0. The second-order valence-corrected chi connectivity index (χ2v) is 6.64. The van der Waals surface area contributed by atoms with E-state index in [2.05, 4.69) is 22.6 Å². The molecule has 104 valence electrons. The van der Waals surface area contributed by atoms with Crippen molar-refractivity contribution in [3.63, 3.8) is 0 Å². The summed E-state index contributed by atoms with van der Waals surface area (Å²) in [5.74, 6) is -0.269. The van der Waals surface area contributed by atoms with Crippen molar-refractivity contribution in [3.05, 3.63) is 68.6 Å². The van der Waals surface area contributed by atoms with Gasteiger partial charge in [-0.3, -0.25) is 9.59 Å². The zero-order valence-corrected chi connectivity index (χ0v) is 13.8. The minimum Gasteiger partial charge on any atom is -0.268 e. The van der Waals surface area contributed by atoms with Gasteiger partial charge in [0.1, 0.15) is 0 Å². The van der Waals surface area contributed by atoms with Gasteiger partial charge in [-0.2, -0.15) is 0 Å². The molecule has 0 bridgehead atoms. The van der Waals surface area contributed by atoms with Crippen molar-refractivity contribution in [1.82, 2.24) is 0 Å². The van der Waals surface area contributed by atoms with Crippen LogP contribution in [0.25, 0.3) is 6.08 Å². The Balaban J connectivity index is 1.92. The first-order valence-corrected chi connectivity index (χ1v) is 8.13. The first-order valence-electron chi connectivity index (χ1n) is 6.24. The maximum atomic E-state index is 12.4. The number of hydrogen-bond donors (Lipinski definition) is 0. The first kappa shape index (κ1) is 14.3. The van der Waals surface area contributed by atoms with Crippen LogP contribution >= 0.6 is 34.4 Å². The van der Waals surface area contributed by atoms with Crippen LogP contribution in [0.1, 0.15) is 5.56 Å². The van der Waals surface area contributed by atoms with Gasteiger partial charge in [-0.05, 0) is 70.3 Å². The molecule has 3 nitrogen and oxygen atoms in total. The van der Waals surface area contributed by atoms with Gasteiger partial charge in [-0.25, -0.2) is 4.90 Å². The fourth-order valence-corrected chi connectivity index (χ4v) is 3.18. The quantitative estimate of drug-likeness (QED) is 0.542. The zero-order chi connectivity index (χ0) is 14.8. The van der Waals surface area contributed by atoms with Crippen LogP contribution in [0.5, 0.6) is 0 Å². The number of hydrogen-bond acceptors (Lipinski definition) is 3. The number of thioether (sulfide) groups is 1. The van der Waals surface area contributed by atoms with E-state index in [-0.39, 0.29) is 11.1 Å². The minimum atomic E-state index is -0.269. The lowest BCUT2D eigenvalue weighted by molar-refractivity contribution is -0.113. The molecule has 21 heavy (non-hydrogen) atoms. The van der Waals surface area contributed by atoms with Crippen molar-refractivity contribution >= 4 is 57.3 Å². The molecular formula is C16H10INO2S. The van der Waals surface area contributed by atoms with Crippen LogP contribution in [0.2, 0.25) is 0 Å². The van der Waals surface area contributed by atoms with Crippen LogP contribution in [0.15, 0.2) is 59.5 Å². The number of carbonyl (C=O) groups excluding carboxylic acids is 2. The Morgan fingerprint density at radius 1 is 0.952 bits per heavy atom. The number of amides is 2. The number of benzene rings is 2. The van der Waals surface area contributed by atoms with Crippen LogP contribution in [-0.2, 0) is 4.79 Å². The van der Waals surface area contributed by atoms with Crippen molar-refractivity contribution in [2.75, 3.05) is 4.90 Å². The Morgan fingerprint density at radius 3 is 2.29 bits per heavy atom. The van der Waals surface area contributed by atoms with E-state index in [0.29, 0.717) is 10.6 Å². The van der Waals surface area contributed by atoms with E-state index in [0.717, 1.165) is 20.9 Å². The number of anilines is 1. The molecular weight excluding hydrogens is 397 g/mol. The van der Waals surface area contributed by atoms with Gasteiger partial charge in [-0.15, -0.1) is 0 Å². The molecule has 0 radical (unpaired) electrons. The van der Waals surface area contributed by atoms with Gasteiger partial charge in [0.25, 0.3) is 11.1 Å². The molecule has 0 unspecified atom stereocenters. The molecule has 1 heterocycles. The van der Waals surface area contributed by atoms with Crippen LogP contribution in [0.3, 0.4) is 0 Å². The zero-order valence-electron chi connectivity index (χ0n) is 10.8. The van der Waals surface area contributed by atoms with Gasteiger partial charge in [0, 0.05) is 3.57 Å². The number of nitrogens with zero attached hydrogens (tertiary/aromatic N) is 1. The van der Waals surface area contributed by atoms with Crippen LogP contribution in [-0.4, -0.2) is 11.1 Å². The smallest absolute Gasteiger partial charge is 0.268 e. The van der Waals surface area contributed by atoms with Crippen molar-refractivity contribution in [1.29, 1.82) is 0 Å². The molecule has 0 N–H and O–H groups in total. The molecule has 0 aliphatic carbocycles. The average molecular weight is 407 g/mol. The Morgan fingerprint density at radius 2 is 1.62 bits per heavy atom. The van der Waals surface area contributed by atoms with Crippen molar-refractivity contribution in [2.45, 2.75) is 0 Å². The summed E-state index contributed by atoms with van der Waals surface area (Å²) in [5.41, 5.74) is 1.51. The molecule has 2 aromatic rings. The number of rotatable bonds is 2. The molecule has 3 rings (SSSR count). The highest BCUT2D eigenvalue weighted by Gasteiger charge is 2.36. The van der Waals surface area contributed by atoms with E-state index in [1.165, 1.54) is 4.90 Å². The van der Waals surface area contributed by atoms with Crippen molar-refractivity contribution in [2.24, 2.45) is 0 Å². The highest BCUT2D eigenvalue weighted by molar-refractivity contribution is 14.1. The molecule has 1 fully saturated rings. The molecule has 0 spiro atoms. The normalized spacial score (nSPS) is 16.8. The summed E-state index contributed by atoms with van der Waals surface area (Å²) in [7, 11) is 0. The Bertz CT molecular complexity index is 726. The van der Waals surface area contributed by atoms with Gasteiger partial charge in [-0.1, -0.05) is 30.3 Å². The highest BCUT2D eigenvalue weighted by atomic mass is 127. The number of imide groups is 1. The lowest BCUT2D eigenvalue weighted by Crippen LogP contribution is -2.27. The molecule has 2 amide bonds. The monoisotopic (exact) mass is 407 g/mol. The molecule has 0 aromatic heterocycles. The van der Waals surface area contributed by atoms with Gasteiger partial charge in [0.2, 0.25) is 0 Å². The minimum absolute atomic E-state index is 0.261. The molecule has 5 heteroatoms. The maximum Gasteiger partial charge on any atom is 0.298 e. The Labute approximate surface area is 140 Å². The maximum absolute atomic E-state index is 12.4. The number of carbonyl (C=O) groups is 2. The molecule has 1 aliphatic rings. The summed E-state index contributed by atoms with van der Waals surface area (Å²) >= 11 is 3.20. The molecule has 0 saturated carbocycles. The van der Waals surface area contributed by atoms with Gasteiger partial charge >= 0.3 is 0 Å². The Kier molecular flexibility index (Phi) is 4.12. The summed E-state index contributed by atoms with van der Waals surface area (Å²) in [4.78, 5) is 26.1. The summed E-state index contributed by atoms with van der Waals surface area (Å²) in [5, 5.41) is -0.261. The van der Waals surface area contributed by atoms with E-state index in [1.807, 2.05) is 30.3 Å².